The molecule has 2 N–H and O–H groups in total. The van der Waals surface area contributed by atoms with Crippen molar-refractivity contribution >= 4 is 16.0 Å². The lowest BCUT2D eigenvalue weighted by atomic mass is 10.1. The van der Waals surface area contributed by atoms with Gasteiger partial charge in [-0.25, -0.2) is 0 Å². The number of aliphatic hydroxyl groups excluding tert-OH is 1. The average molecular weight is 395 g/mol. The van der Waals surface area contributed by atoms with Gasteiger partial charge >= 0.3 is 27.7 Å². The molecule has 1 atom stereocenters. The van der Waals surface area contributed by atoms with Crippen molar-refractivity contribution in [2.24, 2.45) is 0 Å². The molecule has 0 aliphatic heterocycles. The molecule has 0 aliphatic carbocycles. The fourth-order valence-electron chi connectivity index (χ4n) is 1.54. The van der Waals surface area contributed by atoms with Gasteiger partial charge in [0.05, 0.1) is 6.10 Å². The summed E-state index contributed by atoms with van der Waals surface area (Å²) in [6.45, 7) is -0.578. The summed E-state index contributed by atoms with van der Waals surface area (Å²) in [5.41, 5.74) is -5.76. The first-order valence-corrected chi connectivity index (χ1v) is 7.78. The standard InChI is InChI=1S/C12H11F6NO5S/c13-11(14,15)10(21)19-5-4-9(20)7-2-1-3-8(6-7)24-25(22,23)12(16,17)18/h1-3,6,9,20H,4-5H2,(H,19,21). The molecule has 0 fully saturated rings. The molecular formula is C12H11F6NO5S. The van der Waals surface area contributed by atoms with Crippen LogP contribution < -0.4 is 9.50 Å². The van der Waals surface area contributed by atoms with Crippen LogP contribution in [0.2, 0.25) is 0 Å². The molecule has 1 aromatic carbocycles. The molecule has 0 aliphatic rings. The summed E-state index contributed by atoms with van der Waals surface area (Å²) < 4.78 is 98.2. The highest BCUT2D eigenvalue weighted by atomic mass is 32.2. The van der Waals surface area contributed by atoms with Crippen molar-refractivity contribution < 1.29 is 48.8 Å². The number of amides is 1. The van der Waals surface area contributed by atoms with E-state index >= 15 is 0 Å². The topological polar surface area (TPSA) is 92.7 Å². The van der Waals surface area contributed by atoms with Crippen LogP contribution in [0.4, 0.5) is 26.3 Å². The molecule has 0 spiro atoms. The summed E-state index contributed by atoms with van der Waals surface area (Å²) in [5, 5.41) is 11.3. The van der Waals surface area contributed by atoms with E-state index in [0.717, 1.165) is 18.2 Å². The number of aliphatic hydroxyl groups is 1. The second-order valence-electron chi connectivity index (χ2n) is 4.61. The minimum absolute atomic E-state index is 0.115. The number of halogens is 6. The normalized spacial score (nSPS) is 14.0. The van der Waals surface area contributed by atoms with Crippen LogP contribution in [0.5, 0.6) is 5.75 Å². The molecule has 1 aromatic rings. The number of hydrogen-bond donors (Lipinski definition) is 2. The van der Waals surface area contributed by atoms with Crippen LogP contribution in [-0.2, 0) is 14.9 Å². The monoisotopic (exact) mass is 395 g/mol. The Kier molecular flexibility index (Phi) is 6.28. The van der Waals surface area contributed by atoms with E-state index in [1.807, 2.05) is 0 Å². The van der Waals surface area contributed by atoms with E-state index in [9.17, 15) is 44.7 Å². The Labute approximate surface area is 137 Å². The lowest BCUT2D eigenvalue weighted by Crippen LogP contribution is -2.37. The van der Waals surface area contributed by atoms with Gasteiger partial charge in [-0.2, -0.15) is 34.8 Å². The average Bonchev–Trinajstić information content (AvgIpc) is 2.44. The van der Waals surface area contributed by atoms with Gasteiger partial charge in [-0.3, -0.25) is 4.79 Å². The first-order valence-electron chi connectivity index (χ1n) is 6.38. The van der Waals surface area contributed by atoms with E-state index < -0.39 is 52.5 Å². The van der Waals surface area contributed by atoms with E-state index in [4.69, 9.17) is 0 Å². The van der Waals surface area contributed by atoms with E-state index in [1.54, 1.807) is 0 Å². The highest BCUT2D eigenvalue weighted by molar-refractivity contribution is 7.88. The van der Waals surface area contributed by atoms with Gasteiger partial charge in [-0.05, 0) is 24.1 Å². The van der Waals surface area contributed by atoms with E-state index in [2.05, 4.69) is 4.18 Å². The van der Waals surface area contributed by atoms with Gasteiger partial charge in [-0.1, -0.05) is 12.1 Å². The van der Waals surface area contributed by atoms with Crippen molar-refractivity contribution in [2.75, 3.05) is 6.54 Å². The number of rotatable bonds is 6. The lowest BCUT2D eigenvalue weighted by Gasteiger charge is -2.14. The molecule has 25 heavy (non-hydrogen) atoms. The molecule has 1 amide bonds. The molecule has 0 aromatic heterocycles. The van der Waals surface area contributed by atoms with Crippen molar-refractivity contribution in [3.05, 3.63) is 29.8 Å². The molecule has 0 heterocycles. The largest absolute Gasteiger partial charge is 0.534 e. The van der Waals surface area contributed by atoms with Crippen molar-refractivity contribution in [1.82, 2.24) is 5.32 Å². The summed E-state index contributed by atoms with van der Waals surface area (Å²) in [4.78, 5) is 10.6. The van der Waals surface area contributed by atoms with E-state index in [0.29, 0.717) is 0 Å². The number of alkyl halides is 6. The molecular weight excluding hydrogens is 384 g/mol. The Bertz CT molecular complexity index is 715. The fourth-order valence-corrected chi connectivity index (χ4v) is 1.99. The van der Waals surface area contributed by atoms with Crippen molar-refractivity contribution in [3.8, 4) is 5.75 Å². The van der Waals surface area contributed by atoms with Crippen LogP contribution in [-0.4, -0.2) is 37.7 Å². The first kappa shape index (κ1) is 21.0. The zero-order valence-electron chi connectivity index (χ0n) is 12.1. The Hall–Kier alpha value is -2.02. The highest BCUT2D eigenvalue weighted by Crippen LogP contribution is 2.28. The van der Waals surface area contributed by atoms with Gasteiger partial charge in [-0.15, -0.1) is 0 Å². The maximum absolute atomic E-state index is 12.2. The Morgan fingerprint density at radius 1 is 1.20 bits per heavy atom. The molecule has 13 heteroatoms. The molecule has 0 radical (unpaired) electrons. The molecule has 0 saturated heterocycles. The minimum Gasteiger partial charge on any atom is -0.388 e. The van der Waals surface area contributed by atoms with Crippen molar-refractivity contribution in [2.45, 2.75) is 24.2 Å². The van der Waals surface area contributed by atoms with Gasteiger partial charge in [0.1, 0.15) is 5.75 Å². The van der Waals surface area contributed by atoms with Crippen molar-refractivity contribution in [1.29, 1.82) is 0 Å². The summed E-state index contributed by atoms with van der Waals surface area (Å²) in [7, 11) is -5.90. The summed E-state index contributed by atoms with van der Waals surface area (Å²) in [5.74, 6) is -2.96. The van der Waals surface area contributed by atoms with Crippen LogP contribution in [0.25, 0.3) is 0 Å². The molecule has 142 valence electrons. The fraction of sp³-hybridized carbons (Fsp3) is 0.417. The van der Waals surface area contributed by atoms with Crippen molar-refractivity contribution in [3.63, 3.8) is 0 Å². The van der Waals surface area contributed by atoms with Crippen LogP contribution >= 0.6 is 0 Å². The molecule has 1 unspecified atom stereocenters. The third-order valence-corrected chi connectivity index (χ3v) is 3.67. The van der Waals surface area contributed by atoms with Gasteiger partial charge in [0.15, 0.2) is 0 Å². The highest BCUT2D eigenvalue weighted by Gasteiger charge is 2.48. The molecule has 1 rings (SSSR count). The third-order valence-electron chi connectivity index (χ3n) is 2.69. The van der Waals surface area contributed by atoms with E-state index in [1.165, 1.54) is 11.4 Å². The summed E-state index contributed by atoms with van der Waals surface area (Å²) in [6, 6.07) is 3.92. The molecule has 0 bridgehead atoms. The maximum atomic E-state index is 12.2. The zero-order chi connectivity index (χ0) is 19.5. The Balaban J connectivity index is 2.73. The van der Waals surface area contributed by atoms with Crippen LogP contribution in [0.15, 0.2) is 24.3 Å². The second-order valence-corrected chi connectivity index (χ2v) is 6.15. The number of carbonyl (C=O) groups excluding carboxylic acids is 1. The number of carbonyl (C=O) groups is 1. The molecule has 6 nitrogen and oxygen atoms in total. The van der Waals surface area contributed by atoms with E-state index in [-0.39, 0.29) is 5.56 Å². The van der Waals surface area contributed by atoms with Gasteiger partial charge in [0, 0.05) is 6.54 Å². The van der Waals surface area contributed by atoms with Crippen LogP contribution in [0, 0.1) is 0 Å². The second kappa shape index (κ2) is 7.47. The number of nitrogens with one attached hydrogen (secondary N) is 1. The van der Waals surface area contributed by atoms with Gasteiger partial charge in [0.2, 0.25) is 0 Å². The predicted molar refractivity (Wildman–Crippen MR) is 70.7 cm³/mol. The lowest BCUT2D eigenvalue weighted by molar-refractivity contribution is -0.173. The molecule has 0 saturated carbocycles. The SMILES string of the molecule is O=C(NCCC(O)c1cccc(OS(=O)(=O)C(F)(F)F)c1)C(F)(F)F. The first-order chi connectivity index (χ1) is 11.2. The Morgan fingerprint density at radius 3 is 2.32 bits per heavy atom. The zero-order valence-corrected chi connectivity index (χ0v) is 12.9. The minimum atomic E-state index is -5.90. The van der Waals surface area contributed by atoms with Gasteiger partial charge in [0.25, 0.3) is 0 Å². The number of benzene rings is 1. The predicted octanol–water partition coefficient (Wildman–Crippen LogP) is 2.02. The van der Waals surface area contributed by atoms with Crippen LogP contribution in [0.1, 0.15) is 18.1 Å². The number of hydrogen-bond acceptors (Lipinski definition) is 5. The van der Waals surface area contributed by atoms with Crippen LogP contribution in [0.3, 0.4) is 0 Å². The summed E-state index contributed by atoms with van der Waals surface area (Å²) >= 11 is 0. The maximum Gasteiger partial charge on any atom is 0.534 e. The quantitative estimate of drug-likeness (QED) is 0.437. The summed E-state index contributed by atoms with van der Waals surface area (Å²) in [6.07, 6.45) is -6.98. The third kappa shape index (κ3) is 6.08. The Morgan fingerprint density at radius 2 is 1.80 bits per heavy atom. The van der Waals surface area contributed by atoms with Gasteiger partial charge < -0.3 is 14.6 Å². The smallest absolute Gasteiger partial charge is 0.388 e.